The van der Waals surface area contributed by atoms with Gasteiger partial charge in [-0.15, -0.1) is 0 Å². The molecule has 0 aliphatic carbocycles. The molecule has 26 heavy (non-hydrogen) atoms. The summed E-state index contributed by atoms with van der Waals surface area (Å²) >= 11 is 0. The van der Waals surface area contributed by atoms with Gasteiger partial charge in [0.05, 0.1) is 4.90 Å². The van der Waals surface area contributed by atoms with Crippen LogP contribution in [0.25, 0.3) is 0 Å². The zero-order valence-corrected chi connectivity index (χ0v) is 15.3. The lowest BCUT2D eigenvalue weighted by atomic mass is 10.1. The number of amides is 1. The van der Waals surface area contributed by atoms with Crippen molar-refractivity contribution in [3.8, 4) is 0 Å². The molecule has 3 rings (SSSR count). The van der Waals surface area contributed by atoms with Crippen molar-refractivity contribution in [3.63, 3.8) is 0 Å². The molecule has 0 saturated carbocycles. The molecule has 1 N–H and O–H groups in total. The number of nitrogens with one attached hydrogen (secondary N) is 1. The SMILES string of the molecule is Cc1ccc(NC(=O)c2ccc(CS(=O)(=O)c3ccccc3)o2)cc1C. The Hall–Kier alpha value is -2.86. The molecule has 1 amide bonds. The highest BCUT2D eigenvalue weighted by Gasteiger charge is 2.19. The highest BCUT2D eigenvalue weighted by atomic mass is 32.2. The van der Waals surface area contributed by atoms with Crippen molar-refractivity contribution < 1.29 is 17.6 Å². The highest BCUT2D eigenvalue weighted by Crippen LogP contribution is 2.19. The molecule has 0 aliphatic heterocycles. The number of sulfone groups is 1. The van der Waals surface area contributed by atoms with E-state index < -0.39 is 15.7 Å². The molecule has 1 aromatic heterocycles. The summed E-state index contributed by atoms with van der Waals surface area (Å²) in [7, 11) is -3.52. The van der Waals surface area contributed by atoms with E-state index in [1.807, 2.05) is 32.0 Å². The lowest BCUT2D eigenvalue weighted by molar-refractivity contribution is 0.0995. The van der Waals surface area contributed by atoms with Gasteiger partial charge in [-0.1, -0.05) is 24.3 Å². The van der Waals surface area contributed by atoms with E-state index in [0.29, 0.717) is 5.69 Å². The molecule has 0 unspecified atom stereocenters. The number of carbonyl (C=O) groups is 1. The molecule has 5 nitrogen and oxygen atoms in total. The Bertz CT molecular complexity index is 1040. The van der Waals surface area contributed by atoms with Gasteiger partial charge in [0.25, 0.3) is 5.91 Å². The summed E-state index contributed by atoms with van der Waals surface area (Å²) in [4.78, 5) is 12.5. The lowest BCUT2D eigenvalue weighted by Gasteiger charge is -2.06. The number of aryl methyl sites for hydroxylation is 2. The van der Waals surface area contributed by atoms with Crippen LogP contribution in [0.3, 0.4) is 0 Å². The van der Waals surface area contributed by atoms with Crippen LogP contribution < -0.4 is 5.32 Å². The van der Waals surface area contributed by atoms with Crippen LogP contribution in [0.2, 0.25) is 0 Å². The molecule has 134 valence electrons. The van der Waals surface area contributed by atoms with Gasteiger partial charge in [-0.2, -0.15) is 0 Å². The predicted octanol–water partition coefficient (Wildman–Crippen LogP) is 4.12. The first-order valence-corrected chi connectivity index (χ1v) is 9.75. The number of hydrogen-bond donors (Lipinski definition) is 1. The number of carbonyl (C=O) groups excluding carboxylic acids is 1. The topological polar surface area (TPSA) is 76.4 Å². The summed E-state index contributed by atoms with van der Waals surface area (Å²) < 4.78 is 30.2. The average Bonchev–Trinajstić information content (AvgIpc) is 3.07. The van der Waals surface area contributed by atoms with Crippen molar-refractivity contribution in [1.29, 1.82) is 0 Å². The normalized spacial score (nSPS) is 11.3. The first-order valence-electron chi connectivity index (χ1n) is 8.10. The smallest absolute Gasteiger partial charge is 0.291 e. The zero-order valence-electron chi connectivity index (χ0n) is 14.5. The summed E-state index contributed by atoms with van der Waals surface area (Å²) in [6.07, 6.45) is 0. The van der Waals surface area contributed by atoms with Gasteiger partial charge in [-0.3, -0.25) is 4.79 Å². The van der Waals surface area contributed by atoms with E-state index in [9.17, 15) is 13.2 Å². The third-order valence-corrected chi connectivity index (χ3v) is 5.74. The first kappa shape index (κ1) is 17.9. The van der Waals surface area contributed by atoms with Gasteiger partial charge in [0.1, 0.15) is 11.5 Å². The lowest BCUT2D eigenvalue weighted by Crippen LogP contribution is -2.11. The predicted molar refractivity (Wildman–Crippen MR) is 99.9 cm³/mol. The van der Waals surface area contributed by atoms with Crippen LogP contribution in [0.15, 0.2) is 70.0 Å². The van der Waals surface area contributed by atoms with E-state index in [0.717, 1.165) is 11.1 Å². The Morgan fingerprint density at radius 2 is 1.69 bits per heavy atom. The fourth-order valence-corrected chi connectivity index (χ4v) is 3.76. The molecule has 0 atom stereocenters. The molecule has 0 spiro atoms. The number of anilines is 1. The van der Waals surface area contributed by atoms with E-state index in [4.69, 9.17) is 4.42 Å². The minimum atomic E-state index is -3.52. The summed E-state index contributed by atoms with van der Waals surface area (Å²) in [5, 5.41) is 2.75. The van der Waals surface area contributed by atoms with Crippen LogP contribution in [0, 0.1) is 13.8 Å². The first-order chi connectivity index (χ1) is 12.3. The monoisotopic (exact) mass is 369 g/mol. The van der Waals surface area contributed by atoms with Crippen molar-refractivity contribution in [2.45, 2.75) is 24.5 Å². The third kappa shape index (κ3) is 4.03. The summed E-state index contributed by atoms with van der Waals surface area (Å²) in [5.74, 6) is -0.425. The van der Waals surface area contributed by atoms with E-state index in [2.05, 4.69) is 5.32 Å². The van der Waals surface area contributed by atoms with E-state index in [-0.39, 0.29) is 22.2 Å². The molecule has 0 aliphatic rings. The van der Waals surface area contributed by atoms with Crippen LogP contribution >= 0.6 is 0 Å². The van der Waals surface area contributed by atoms with E-state index >= 15 is 0 Å². The molecule has 0 saturated heterocycles. The van der Waals surface area contributed by atoms with E-state index in [1.54, 1.807) is 18.2 Å². The Kier molecular flexibility index (Phi) is 4.95. The number of rotatable bonds is 5. The quantitative estimate of drug-likeness (QED) is 0.734. The Balaban J connectivity index is 1.73. The second kappa shape index (κ2) is 7.17. The van der Waals surface area contributed by atoms with Crippen molar-refractivity contribution in [3.05, 3.63) is 83.3 Å². The van der Waals surface area contributed by atoms with Gasteiger partial charge in [-0.05, 0) is 61.4 Å². The molecule has 0 fully saturated rings. The average molecular weight is 369 g/mol. The van der Waals surface area contributed by atoms with Crippen LogP contribution in [0.4, 0.5) is 5.69 Å². The zero-order chi connectivity index (χ0) is 18.7. The van der Waals surface area contributed by atoms with Crippen molar-refractivity contribution in [1.82, 2.24) is 0 Å². The molecular formula is C20H19NO4S. The largest absolute Gasteiger partial charge is 0.455 e. The molecule has 6 heteroatoms. The van der Waals surface area contributed by atoms with Gasteiger partial charge >= 0.3 is 0 Å². The molecule has 2 aromatic carbocycles. The van der Waals surface area contributed by atoms with Crippen LogP contribution in [-0.2, 0) is 15.6 Å². The standard InChI is InChI=1S/C20H19NO4S/c1-14-8-9-16(12-15(14)2)21-20(22)19-11-10-17(25-19)13-26(23,24)18-6-4-3-5-7-18/h3-12H,13H2,1-2H3,(H,21,22). The second-order valence-electron chi connectivity index (χ2n) is 6.09. The molecule has 3 aromatic rings. The molecule has 0 bridgehead atoms. The third-order valence-electron chi connectivity index (χ3n) is 4.08. The minimum absolute atomic E-state index is 0.0708. The van der Waals surface area contributed by atoms with Gasteiger partial charge in [-0.25, -0.2) is 8.42 Å². The summed E-state index contributed by atoms with van der Waals surface area (Å²) in [6, 6.07) is 16.7. The fourth-order valence-electron chi connectivity index (χ4n) is 2.49. The Morgan fingerprint density at radius 1 is 0.962 bits per heavy atom. The summed E-state index contributed by atoms with van der Waals surface area (Å²) in [5.41, 5.74) is 2.86. The van der Waals surface area contributed by atoms with Crippen LogP contribution in [0.1, 0.15) is 27.4 Å². The number of hydrogen-bond acceptors (Lipinski definition) is 4. The Morgan fingerprint density at radius 3 is 2.38 bits per heavy atom. The minimum Gasteiger partial charge on any atom is -0.455 e. The number of benzene rings is 2. The molecule has 0 radical (unpaired) electrons. The Labute approximate surface area is 152 Å². The molecule has 1 heterocycles. The highest BCUT2D eigenvalue weighted by molar-refractivity contribution is 7.90. The fraction of sp³-hybridized carbons (Fsp3) is 0.150. The van der Waals surface area contributed by atoms with Crippen molar-refractivity contribution in [2.75, 3.05) is 5.32 Å². The van der Waals surface area contributed by atoms with E-state index in [1.165, 1.54) is 24.3 Å². The van der Waals surface area contributed by atoms with Crippen molar-refractivity contribution >= 4 is 21.4 Å². The second-order valence-corrected chi connectivity index (χ2v) is 8.08. The van der Waals surface area contributed by atoms with Gasteiger partial charge < -0.3 is 9.73 Å². The maximum Gasteiger partial charge on any atom is 0.291 e. The van der Waals surface area contributed by atoms with Gasteiger partial charge in [0, 0.05) is 5.69 Å². The summed E-state index contributed by atoms with van der Waals surface area (Å²) in [6.45, 7) is 3.96. The molecular weight excluding hydrogens is 350 g/mol. The van der Waals surface area contributed by atoms with Crippen LogP contribution in [0.5, 0.6) is 0 Å². The van der Waals surface area contributed by atoms with Gasteiger partial charge in [0.2, 0.25) is 0 Å². The van der Waals surface area contributed by atoms with Crippen molar-refractivity contribution in [2.24, 2.45) is 0 Å². The maximum absolute atomic E-state index is 12.4. The van der Waals surface area contributed by atoms with Gasteiger partial charge in [0.15, 0.2) is 15.6 Å². The number of furan rings is 1. The van der Waals surface area contributed by atoms with Crippen LogP contribution in [-0.4, -0.2) is 14.3 Å². The maximum atomic E-state index is 12.4.